The zero-order chi connectivity index (χ0) is 18.8. The van der Waals surface area contributed by atoms with Crippen molar-refractivity contribution in [3.8, 4) is 5.69 Å². The minimum atomic E-state index is -0.519. The molecular weight excluding hydrogens is 374 g/mol. The van der Waals surface area contributed by atoms with Gasteiger partial charge in [0.25, 0.3) is 11.6 Å². The normalized spacial score (nSPS) is 16.5. The molecule has 1 saturated heterocycles. The number of piperazine rings is 1. The Morgan fingerprint density at radius 1 is 1.37 bits per heavy atom. The lowest BCUT2D eigenvalue weighted by molar-refractivity contribution is -0.384. The number of benzene rings is 1. The van der Waals surface area contributed by atoms with E-state index in [0.29, 0.717) is 25.3 Å². The second kappa shape index (κ2) is 8.28. The molecule has 1 N–H and O–H groups in total. The highest BCUT2D eigenvalue weighted by molar-refractivity contribution is 5.92. The third kappa shape index (κ3) is 3.99. The second-order valence-electron chi connectivity index (χ2n) is 6.21. The minimum Gasteiger partial charge on any atom is -0.332 e. The highest BCUT2D eigenvalue weighted by atomic mass is 35.5. The summed E-state index contributed by atoms with van der Waals surface area (Å²) in [4.78, 5) is 37.6. The molecule has 1 amide bonds. The van der Waals surface area contributed by atoms with Gasteiger partial charge >= 0.3 is 0 Å². The molecule has 0 unspecified atom stereocenters. The van der Waals surface area contributed by atoms with Gasteiger partial charge in [-0.05, 0) is 19.9 Å². The third-order valence-electron chi connectivity index (χ3n) is 4.38. The number of nitrogens with one attached hydrogen (secondary N) is 1. The molecule has 0 aliphatic carbocycles. The van der Waals surface area contributed by atoms with E-state index >= 15 is 0 Å². The van der Waals surface area contributed by atoms with Gasteiger partial charge in [0.05, 0.1) is 4.92 Å². The first-order valence-corrected chi connectivity index (χ1v) is 8.26. The van der Waals surface area contributed by atoms with Crippen LogP contribution in [0.2, 0.25) is 0 Å². The predicted octanol–water partition coefficient (Wildman–Crippen LogP) is 1.30. The number of hydrogen-bond acceptors (Lipinski definition) is 6. The highest BCUT2D eigenvalue weighted by Crippen LogP contribution is 2.22. The molecule has 10 heteroatoms. The predicted molar refractivity (Wildman–Crippen MR) is 102 cm³/mol. The molecule has 2 aromatic rings. The van der Waals surface area contributed by atoms with Crippen molar-refractivity contribution in [2.75, 3.05) is 19.6 Å². The Hall–Kier alpha value is -2.78. The molecule has 0 saturated carbocycles. The number of hydrogen-bond donors (Lipinski definition) is 1. The van der Waals surface area contributed by atoms with Crippen LogP contribution in [0.1, 0.15) is 23.1 Å². The molecule has 27 heavy (non-hydrogen) atoms. The Labute approximate surface area is 161 Å². The fourth-order valence-electron chi connectivity index (χ4n) is 3.02. The highest BCUT2D eigenvalue weighted by Gasteiger charge is 2.28. The summed E-state index contributed by atoms with van der Waals surface area (Å²) < 4.78 is 1.28. The Bertz CT molecular complexity index is 930. The van der Waals surface area contributed by atoms with Gasteiger partial charge in [0.2, 0.25) is 5.43 Å². The summed E-state index contributed by atoms with van der Waals surface area (Å²) in [5, 5.41) is 18.7. The van der Waals surface area contributed by atoms with Crippen molar-refractivity contribution in [3.05, 3.63) is 62.1 Å². The van der Waals surface area contributed by atoms with Crippen molar-refractivity contribution in [1.29, 1.82) is 0 Å². The molecule has 0 spiro atoms. The number of nitrogens with zero attached hydrogens (tertiary/aromatic N) is 4. The Morgan fingerprint density at radius 2 is 2.07 bits per heavy atom. The van der Waals surface area contributed by atoms with Gasteiger partial charge in [-0.1, -0.05) is 12.1 Å². The number of nitro groups is 1. The average Bonchev–Trinajstić information content (AvgIpc) is 2.62. The van der Waals surface area contributed by atoms with E-state index in [1.807, 2.05) is 6.92 Å². The van der Waals surface area contributed by atoms with Gasteiger partial charge in [0, 0.05) is 43.5 Å². The number of carbonyl (C=O) groups is 1. The van der Waals surface area contributed by atoms with Crippen LogP contribution >= 0.6 is 12.4 Å². The van der Waals surface area contributed by atoms with Gasteiger partial charge in [-0.2, -0.15) is 5.10 Å². The van der Waals surface area contributed by atoms with E-state index in [1.54, 1.807) is 24.0 Å². The van der Waals surface area contributed by atoms with Crippen LogP contribution in [0.4, 0.5) is 5.69 Å². The number of carbonyl (C=O) groups excluding carboxylic acids is 1. The molecule has 9 nitrogen and oxygen atoms in total. The van der Waals surface area contributed by atoms with Crippen LogP contribution in [0.25, 0.3) is 5.69 Å². The lowest BCUT2D eigenvalue weighted by Crippen LogP contribution is -2.53. The molecule has 0 radical (unpaired) electrons. The van der Waals surface area contributed by atoms with Crippen LogP contribution in [0.3, 0.4) is 0 Å². The summed E-state index contributed by atoms with van der Waals surface area (Å²) in [7, 11) is 0. The van der Waals surface area contributed by atoms with Crippen molar-refractivity contribution in [2.45, 2.75) is 19.9 Å². The van der Waals surface area contributed by atoms with E-state index in [9.17, 15) is 19.7 Å². The summed E-state index contributed by atoms with van der Waals surface area (Å²) in [6.07, 6.45) is 0. The largest absolute Gasteiger partial charge is 0.332 e. The molecule has 2 heterocycles. The van der Waals surface area contributed by atoms with Crippen molar-refractivity contribution < 1.29 is 9.72 Å². The van der Waals surface area contributed by atoms with Crippen LogP contribution in [0, 0.1) is 17.0 Å². The monoisotopic (exact) mass is 393 g/mol. The summed E-state index contributed by atoms with van der Waals surface area (Å²) in [5.41, 5.74) is -0.261. The van der Waals surface area contributed by atoms with Gasteiger partial charge in [-0.25, -0.2) is 4.68 Å². The first-order chi connectivity index (χ1) is 12.4. The number of aryl methyl sites for hydroxylation is 1. The van der Waals surface area contributed by atoms with Crippen LogP contribution in [0.5, 0.6) is 0 Å². The molecule has 1 aromatic carbocycles. The maximum absolute atomic E-state index is 12.8. The van der Waals surface area contributed by atoms with E-state index in [1.165, 1.54) is 22.9 Å². The molecule has 0 bridgehead atoms. The topological polar surface area (TPSA) is 110 Å². The molecule has 1 aromatic heterocycles. The zero-order valence-corrected chi connectivity index (χ0v) is 15.7. The maximum Gasteiger partial charge on any atom is 0.294 e. The minimum absolute atomic E-state index is 0. The number of aromatic nitrogens is 2. The van der Waals surface area contributed by atoms with E-state index in [2.05, 4.69) is 10.4 Å². The maximum atomic E-state index is 12.8. The smallest absolute Gasteiger partial charge is 0.294 e. The summed E-state index contributed by atoms with van der Waals surface area (Å²) in [6.45, 7) is 5.25. The molecular formula is C17H20ClN5O4. The van der Waals surface area contributed by atoms with Gasteiger partial charge < -0.3 is 10.2 Å². The Kier molecular flexibility index (Phi) is 6.29. The van der Waals surface area contributed by atoms with Crippen LogP contribution in [-0.4, -0.2) is 51.2 Å². The van der Waals surface area contributed by atoms with Crippen LogP contribution in [0.15, 0.2) is 35.1 Å². The van der Waals surface area contributed by atoms with Crippen LogP contribution < -0.4 is 10.7 Å². The molecule has 3 rings (SSSR count). The number of para-hydroxylation sites is 2. The fraction of sp³-hybridized carbons (Fsp3) is 0.353. The van der Waals surface area contributed by atoms with Crippen molar-refractivity contribution in [2.24, 2.45) is 0 Å². The summed E-state index contributed by atoms with van der Waals surface area (Å²) >= 11 is 0. The van der Waals surface area contributed by atoms with Gasteiger partial charge in [-0.15, -0.1) is 12.4 Å². The van der Waals surface area contributed by atoms with E-state index in [0.717, 1.165) is 0 Å². The number of rotatable bonds is 3. The van der Waals surface area contributed by atoms with Crippen molar-refractivity contribution in [3.63, 3.8) is 0 Å². The first kappa shape index (κ1) is 20.5. The van der Waals surface area contributed by atoms with Gasteiger partial charge in [0.15, 0.2) is 5.69 Å². The van der Waals surface area contributed by atoms with Gasteiger partial charge in [0.1, 0.15) is 5.69 Å². The van der Waals surface area contributed by atoms with Gasteiger partial charge in [-0.3, -0.25) is 19.7 Å². The van der Waals surface area contributed by atoms with Crippen LogP contribution in [-0.2, 0) is 0 Å². The SMILES string of the molecule is Cc1cc(=O)c(C(=O)N2CCNC[C@@H]2C)nn1-c1ccccc1[N+](=O)[O-].Cl. The fourth-order valence-corrected chi connectivity index (χ4v) is 3.02. The molecule has 1 fully saturated rings. The van der Waals surface area contributed by atoms with E-state index in [4.69, 9.17) is 0 Å². The number of halogens is 1. The van der Waals surface area contributed by atoms with Crippen molar-refractivity contribution in [1.82, 2.24) is 20.0 Å². The average molecular weight is 394 g/mol. The quantitative estimate of drug-likeness (QED) is 0.621. The lowest BCUT2D eigenvalue weighted by atomic mass is 10.2. The standard InChI is InChI=1S/C17H19N5O4.ClH/c1-11-9-15(23)16(17(24)20-8-7-18-10-12(20)2)19-21(11)13-5-3-4-6-14(13)22(25)26;/h3-6,9,12,18H,7-8,10H2,1-2H3;1H/t12-;/m0./s1. The Morgan fingerprint density at radius 3 is 2.74 bits per heavy atom. The van der Waals surface area contributed by atoms with Crippen molar-refractivity contribution >= 4 is 24.0 Å². The number of amides is 1. The first-order valence-electron chi connectivity index (χ1n) is 8.26. The Balaban J connectivity index is 0.00000261. The summed E-state index contributed by atoms with van der Waals surface area (Å²) in [5.74, 6) is -0.462. The van der Waals surface area contributed by atoms with E-state index < -0.39 is 16.3 Å². The molecule has 1 aliphatic rings. The zero-order valence-electron chi connectivity index (χ0n) is 14.9. The lowest BCUT2D eigenvalue weighted by Gasteiger charge is -2.33. The second-order valence-corrected chi connectivity index (χ2v) is 6.21. The third-order valence-corrected chi connectivity index (χ3v) is 4.38. The van der Waals surface area contributed by atoms with E-state index in [-0.39, 0.29) is 35.5 Å². The number of nitro benzene ring substituents is 1. The molecule has 1 aliphatic heterocycles. The molecule has 144 valence electrons. The summed E-state index contributed by atoms with van der Waals surface area (Å²) in [6, 6.07) is 7.29. The molecule has 1 atom stereocenters.